The van der Waals surface area contributed by atoms with Gasteiger partial charge in [0.05, 0.1) is 7.11 Å². The lowest BCUT2D eigenvalue weighted by atomic mass is 9.65. The van der Waals surface area contributed by atoms with E-state index in [0.29, 0.717) is 0 Å². The Bertz CT molecular complexity index is 2380. The fraction of sp³-hybridized carbons (Fsp3) is 0.125. The Labute approximate surface area is 289 Å². The van der Waals surface area contributed by atoms with Gasteiger partial charge in [0.1, 0.15) is 5.75 Å². The van der Waals surface area contributed by atoms with Crippen LogP contribution in [-0.2, 0) is 5.41 Å². The summed E-state index contributed by atoms with van der Waals surface area (Å²) in [5.74, 6) is 0.871. The van der Waals surface area contributed by atoms with Crippen LogP contribution in [0.5, 0.6) is 5.75 Å². The third-order valence-corrected chi connectivity index (χ3v) is 10.6. The Morgan fingerprint density at radius 2 is 1.27 bits per heavy atom. The van der Waals surface area contributed by atoms with E-state index in [-0.39, 0.29) is 5.41 Å². The Kier molecular flexibility index (Phi) is 7.87. The number of rotatable bonds is 3. The first kappa shape index (κ1) is 30.5. The zero-order chi connectivity index (χ0) is 33.4. The van der Waals surface area contributed by atoms with Crippen LogP contribution in [0.15, 0.2) is 163 Å². The van der Waals surface area contributed by atoms with Crippen LogP contribution in [0.2, 0.25) is 0 Å². The van der Waals surface area contributed by atoms with E-state index in [0.717, 1.165) is 31.4 Å². The van der Waals surface area contributed by atoms with Crippen molar-refractivity contribution in [1.82, 2.24) is 0 Å². The van der Waals surface area contributed by atoms with Crippen molar-refractivity contribution in [2.75, 3.05) is 7.11 Å². The van der Waals surface area contributed by atoms with Crippen molar-refractivity contribution in [3.8, 4) is 52.0 Å². The molecule has 0 saturated heterocycles. The number of benzene rings is 6. The van der Waals surface area contributed by atoms with Gasteiger partial charge in [0.25, 0.3) is 0 Å². The summed E-state index contributed by atoms with van der Waals surface area (Å²) in [4.78, 5) is 0. The zero-order valence-corrected chi connectivity index (χ0v) is 27.8. The molecule has 9 rings (SSSR count). The second-order valence-electron chi connectivity index (χ2n) is 13.0. The van der Waals surface area contributed by atoms with E-state index in [9.17, 15) is 0 Å². The molecule has 236 valence electrons. The molecule has 3 aliphatic rings. The topological polar surface area (TPSA) is 9.23 Å². The number of methoxy groups -OCH3 is 1. The molecule has 0 aromatic heterocycles. The number of fused-ring (bicyclic) bond motifs is 9. The largest absolute Gasteiger partial charge is 0.497 e. The van der Waals surface area contributed by atoms with E-state index >= 15 is 0 Å². The van der Waals surface area contributed by atoms with Crippen LogP contribution in [0.25, 0.3) is 54.9 Å². The van der Waals surface area contributed by atoms with Crippen LogP contribution in [0.1, 0.15) is 36.8 Å². The van der Waals surface area contributed by atoms with Gasteiger partial charge in [0, 0.05) is 5.41 Å². The molecule has 1 atom stereocenters. The minimum atomic E-state index is -0.245. The van der Waals surface area contributed by atoms with Gasteiger partial charge < -0.3 is 4.74 Å². The predicted molar refractivity (Wildman–Crippen MR) is 208 cm³/mol. The molecule has 0 heterocycles. The zero-order valence-electron chi connectivity index (χ0n) is 27.8. The fourth-order valence-electron chi connectivity index (χ4n) is 8.42. The van der Waals surface area contributed by atoms with Crippen LogP contribution in [-0.4, -0.2) is 7.11 Å². The maximum Gasteiger partial charge on any atom is 0.118 e. The number of ether oxygens (including phenoxy) is 1. The van der Waals surface area contributed by atoms with Gasteiger partial charge in [0.2, 0.25) is 0 Å². The summed E-state index contributed by atoms with van der Waals surface area (Å²) in [5, 5.41) is 5.10. The first-order valence-electron chi connectivity index (χ1n) is 17.1. The summed E-state index contributed by atoms with van der Waals surface area (Å²) in [7, 11) is 1.73. The van der Waals surface area contributed by atoms with Crippen molar-refractivity contribution >= 4 is 21.5 Å². The van der Waals surface area contributed by atoms with Gasteiger partial charge in [-0.1, -0.05) is 121 Å². The lowest BCUT2D eigenvalue weighted by molar-refractivity contribution is 0.415. The Balaban J connectivity index is 0.00000171. The van der Waals surface area contributed by atoms with E-state index < -0.39 is 0 Å². The van der Waals surface area contributed by atoms with Crippen LogP contribution < -0.4 is 4.74 Å². The summed E-state index contributed by atoms with van der Waals surface area (Å²) < 4.78 is 5.54. The first-order chi connectivity index (χ1) is 24.2. The lowest BCUT2D eigenvalue weighted by Crippen LogP contribution is -2.29. The maximum atomic E-state index is 5.54. The molecule has 6 aromatic carbocycles. The minimum Gasteiger partial charge on any atom is -0.497 e. The maximum absolute atomic E-state index is 5.54. The number of terminal acetylenes is 1. The van der Waals surface area contributed by atoms with Crippen LogP contribution in [0.4, 0.5) is 0 Å². The molecule has 1 heteroatoms. The van der Waals surface area contributed by atoms with Gasteiger partial charge in [-0.3, -0.25) is 0 Å². The fourth-order valence-corrected chi connectivity index (χ4v) is 8.42. The number of hydrogen-bond acceptors (Lipinski definition) is 1. The highest BCUT2D eigenvalue weighted by Crippen LogP contribution is 2.59. The van der Waals surface area contributed by atoms with E-state index in [1.807, 2.05) is 0 Å². The first-order valence-corrected chi connectivity index (χ1v) is 17.1. The molecule has 1 spiro atoms. The summed E-state index contributed by atoms with van der Waals surface area (Å²) in [6.07, 6.45) is 26.3. The molecule has 0 aliphatic heterocycles. The van der Waals surface area contributed by atoms with Crippen molar-refractivity contribution in [2.24, 2.45) is 0 Å². The second-order valence-corrected chi connectivity index (χ2v) is 13.0. The Hall–Kier alpha value is -5.84. The van der Waals surface area contributed by atoms with Crippen molar-refractivity contribution < 1.29 is 4.74 Å². The molecule has 0 radical (unpaired) electrons. The highest BCUT2D eigenvalue weighted by molar-refractivity contribution is 6.09. The average molecular weight is 631 g/mol. The van der Waals surface area contributed by atoms with Gasteiger partial charge in [-0.25, -0.2) is 0 Å². The third-order valence-electron chi connectivity index (χ3n) is 10.6. The average Bonchev–Trinajstić information content (AvgIpc) is 3.49. The molecule has 1 nitrogen and oxygen atoms in total. The SMILES string of the molecule is C#C.COc1ccc(-c2ccc(-c3ccc4ccccc4c3)c3cc4c(cc23)C2(C/C=C\C=C/CC3=CCCC=C32)c2ccccc2-4)cc1. The van der Waals surface area contributed by atoms with E-state index in [1.165, 1.54) is 77.2 Å². The smallest absolute Gasteiger partial charge is 0.118 e. The van der Waals surface area contributed by atoms with E-state index in [4.69, 9.17) is 4.74 Å². The molecular formula is C48H38O. The van der Waals surface area contributed by atoms with Crippen LogP contribution in [0, 0.1) is 12.8 Å². The molecule has 1 unspecified atom stereocenters. The summed E-state index contributed by atoms with van der Waals surface area (Å²) in [6.45, 7) is 0. The van der Waals surface area contributed by atoms with Crippen molar-refractivity contribution in [2.45, 2.75) is 31.1 Å². The summed E-state index contributed by atoms with van der Waals surface area (Å²) in [5.41, 5.74) is 13.2. The van der Waals surface area contributed by atoms with Crippen molar-refractivity contribution in [1.29, 1.82) is 0 Å². The minimum absolute atomic E-state index is 0.245. The highest BCUT2D eigenvalue weighted by Gasteiger charge is 2.46. The van der Waals surface area contributed by atoms with E-state index in [1.54, 1.807) is 7.11 Å². The third kappa shape index (κ3) is 4.95. The summed E-state index contributed by atoms with van der Waals surface area (Å²) in [6, 6.07) is 43.0. The summed E-state index contributed by atoms with van der Waals surface area (Å²) >= 11 is 0. The standard InChI is InChI=1S/C46H36O.C2H2/c1-47-36-23-21-32(22-24-36)37-25-26-38(35-20-19-31-12-5-6-15-34(31)28-35)40-29-42-39-16-8-10-18-44(39)46(45(42)30-41(37)40)27-11-3-2-4-13-33-14-7-9-17-43(33)46;1-2/h2-6,8,10-12,14-26,28-30H,7,9,13,27H2,1H3;1-2H/b4-2-,11-3-;. The van der Waals surface area contributed by atoms with Crippen molar-refractivity contribution in [3.05, 3.63) is 174 Å². The van der Waals surface area contributed by atoms with Crippen LogP contribution in [0.3, 0.4) is 0 Å². The predicted octanol–water partition coefficient (Wildman–Crippen LogP) is 12.4. The molecule has 0 saturated carbocycles. The normalized spacial score (nSPS) is 18.8. The van der Waals surface area contributed by atoms with Gasteiger partial charge in [0.15, 0.2) is 0 Å². The molecular weight excluding hydrogens is 593 g/mol. The quantitative estimate of drug-likeness (QED) is 0.177. The van der Waals surface area contributed by atoms with Gasteiger partial charge >= 0.3 is 0 Å². The van der Waals surface area contributed by atoms with Gasteiger partial charge in [-0.2, -0.15) is 0 Å². The lowest BCUT2D eigenvalue weighted by Gasteiger charge is -2.37. The Morgan fingerprint density at radius 3 is 2.10 bits per heavy atom. The molecule has 49 heavy (non-hydrogen) atoms. The molecule has 0 fully saturated rings. The molecule has 3 aliphatic carbocycles. The highest BCUT2D eigenvalue weighted by atomic mass is 16.5. The second kappa shape index (κ2) is 12.6. The molecule has 0 N–H and O–H groups in total. The molecule has 0 bridgehead atoms. The van der Waals surface area contributed by atoms with Crippen LogP contribution >= 0.6 is 0 Å². The number of hydrogen-bond donors (Lipinski definition) is 0. The van der Waals surface area contributed by atoms with Crippen molar-refractivity contribution in [3.63, 3.8) is 0 Å². The Morgan fingerprint density at radius 1 is 0.571 bits per heavy atom. The molecule has 0 amide bonds. The van der Waals surface area contributed by atoms with E-state index in [2.05, 4.69) is 165 Å². The monoisotopic (exact) mass is 630 g/mol. The van der Waals surface area contributed by atoms with Gasteiger partial charge in [-0.15, -0.1) is 12.8 Å². The number of allylic oxidation sites excluding steroid dienone is 8. The molecule has 6 aromatic rings. The van der Waals surface area contributed by atoms with Gasteiger partial charge in [-0.05, 0) is 133 Å².